The van der Waals surface area contributed by atoms with Crippen LogP contribution in [0.1, 0.15) is 5.56 Å². The highest BCUT2D eigenvalue weighted by Gasteiger charge is 2.01. The average Bonchev–Trinajstić information content (AvgIpc) is 2.55. The molecule has 0 aliphatic carbocycles. The second-order valence-corrected chi connectivity index (χ2v) is 6.67. The molecule has 0 spiro atoms. The summed E-state index contributed by atoms with van der Waals surface area (Å²) in [5, 5.41) is 4.64. The standard InChI is InChI=1S/C16H15ClN2OS2/c1-21-14-6-2-12(3-7-14)10-18-19-16(20)11-22-15-8-4-13(17)5-9-15/h2-10H,11H2,1H3,(H,19,20)/b18-10-. The first-order valence-electron chi connectivity index (χ1n) is 6.52. The van der Waals surface area contributed by atoms with E-state index in [-0.39, 0.29) is 5.91 Å². The molecule has 0 aliphatic heterocycles. The van der Waals surface area contributed by atoms with Crippen LogP contribution >= 0.6 is 35.1 Å². The fourth-order valence-electron chi connectivity index (χ4n) is 1.58. The fourth-order valence-corrected chi connectivity index (χ4v) is 2.81. The summed E-state index contributed by atoms with van der Waals surface area (Å²) < 4.78 is 0. The highest BCUT2D eigenvalue weighted by molar-refractivity contribution is 8.00. The zero-order valence-corrected chi connectivity index (χ0v) is 14.3. The van der Waals surface area contributed by atoms with Crippen LogP contribution in [0.15, 0.2) is 63.4 Å². The fraction of sp³-hybridized carbons (Fsp3) is 0.125. The Hall–Kier alpha value is -1.43. The van der Waals surface area contributed by atoms with Gasteiger partial charge in [0.1, 0.15) is 0 Å². The lowest BCUT2D eigenvalue weighted by molar-refractivity contribution is -0.118. The van der Waals surface area contributed by atoms with Crippen LogP contribution in [-0.4, -0.2) is 24.1 Å². The van der Waals surface area contributed by atoms with Gasteiger partial charge in [-0.2, -0.15) is 5.10 Å². The predicted octanol–water partition coefficient (Wildman–Crippen LogP) is 4.30. The summed E-state index contributed by atoms with van der Waals surface area (Å²) in [6.45, 7) is 0. The second-order valence-electron chi connectivity index (χ2n) is 4.31. The molecule has 2 aromatic rings. The van der Waals surface area contributed by atoms with Gasteiger partial charge in [0.25, 0.3) is 0 Å². The summed E-state index contributed by atoms with van der Waals surface area (Å²) in [5.74, 6) is 0.168. The van der Waals surface area contributed by atoms with Gasteiger partial charge in [-0.15, -0.1) is 23.5 Å². The Kier molecular flexibility index (Phi) is 6.83. The smallest absolute Gasteiger partial charge is 0.250 e. The van der Waals surface area contributed by atoms with Crippen molar-refractivity contribution in [1.82, 2.24) is 5.43 Å². The van der Waals surface area contributed by atoms with Crippen molar-refractivity contribution < 1.29 is 4.79 Å². The molecule has 0 saturated heterocycles. The maximum absolute atomic E-state index is 11.7. The highest BCUT2D eigenvalue weighted by Crippen LogP contribution is 2.19. The number of benzene rings is 2. The summed E-state index contributed by atoms with van der Waals surface area (Å²) in [6.07, 6.45) is 3.66. The van der Waals surface area contributed by atoms with Crippen molar-refractivity contribution >= 4 is 47.2 Å². The largest absolute Gasteiger partial charge is 0.272 e. The molecule has 6 heteroatoms. The van der Waals surface area contributed by atoms with Crippen LogP contribution in [0.3, 0.4) is 0 Å². The van der Waals surface area contributed by atoms with E-state index in [2.05, 4.69) is 10.5 Å². The van der Waals surface area contributed by atoms with Crippen LogP contribution in [0.5, 0.6) is 0 Å². The lowest BCUT2D eigenvalue weighted by Gasteiger charge is -2.01. The Morgan fingerprint density at radius 2 is 1.77 bits per heavy atom. The molecule has 0 bridgehead atoms. The molecule has 3 nitrogen and oxygen atoms in total. The van der Waals surface area contributed by atoms with Crippen molar-refractivity contribution in [3.63, 3.8) is 0 Å². The van der Waals surface area contributed by atoms with Crippen molar-refractivity contribution in [2.24, 2.45) is 5.10 Å². The second kappa shape index (κ2) is 8.88. The summed E-state index contributed by atoms with van der Waals surface area (Å²) in [7, 11) is 0. The number of nitrogens with one attached hydrogen (secondary N) is 1. The molecule has 114 valence electrons. The minimum atomic E-state index is -0.142. The van der Waals surface area contributed by atoms with E-state index in [1.165, 1.54) is 16.7 Å². The van der Waals surface area contributed by atoms with E-state index < -0.39 is 0 Å². The maximum Gasteiger partial charge on any atom is 0.250 e. The number of halogens is 1. The van der Waals surface area contributed by atoms with Gasteiger partial charge in [-0.3, -0.25) is 4.79 Å². The van der Waals surface area contributed by atoms with Gasteiger partial charge in [0.05, 0.1) is 12.0 Å². The van der Waals surface area contributed by atoms with Crippen LogP contribution in [0, 0.1) is 0 Å². The molecule has 2 aromatic carbocycles. The van der Waals surface area contributed by atoms with E-state index >= 15 is 0 Å². The van der Waals surface area contributed by atoms with Gasteiger partial charge >= 0.3 is 0 Å². The van der Waals surface area contributed by atoms with Crippen LogP contribution in [0.25, 0.3) is 0 Å². The predicted molar refractivity (Wildman–Crippen MR) is 96.1 cm³/mol. The van der Waals surface area contributed by atoms with E-state index in [0.29, 0.717) is 10.8 Å². The molecule has 0 aromatic heterocycles. The van der Waals surface area contributed by atoms with E-state index in [1.54, 1.807) is 30.1 Å². The van der Waals surface area contributed by atoms with E-state index in [9.17, 15) is 4.79 Å². The molecule has 0 radical (unpaired) electrons. The molecular formula is C16H15ClN2OS2. The van der Waals surface area contributed by atoms with Crippen LogP contribution in [0.2, 0.25) is 5.02 Å². The Labute approximate surface area is 143 Å². The Balaban J connectivity index is 1.76. The van der Waals surface area contributed by atoms with Gasteiger partial charge in [0.2, 0.25) is 5.91 Å². The lowest BCUT2D eigenvalue weighted by Crippen LogP contribution is -2.19. The number of thioether (sulfide) groups is 2. The zero-order chi connectivity index (χ0) is 15.8. The van der Waals surface area contributed by atoms with Crippen molar-refractivity contribution in [3.05, 3.63) is 59.1 Å². The molecule has 0 aliphatic rings. The molecule has 0 heterocycles. The first kappa shape index (κ1) is 16.9. The van der Waals surface area contributed by atoms with Gasteiger partial charge in [-0.1, -0.05) is 23.7 Å². The van der Waals surface area contributed by atoms with Crippen LogP contribution in [0.4, 0.5) is 0 Å². The minimum absolute atomic E-state index is 0.142. The molecule has 2 rings (SSSR count). The average molecular weight is 351 g/mol. The van der Waals surface area contributed by atoms with Crippen molar-refractivity contribution in [3.8, 4) is 0 Å². The van der Waals surface area contributed by atoms with E-state index in [1.807, 2.05) is 42.7 Å². The van der Waals surface area contributed by atoms with Crippen molar-refractivity contribution in [1.29, 1.82) is 0 Å². The number of nitrogens with zero attached hydrogens (tertiary/aromatic N) is 1. The van der Waals surface area contributed by atoms with Crippen molar-refractivity contribution in [2.75, 3.05) is 12.0 Å². The van der Waals surface area contributed by atoms with Crippen LogP contribution < -0.4 is 5.43 Å². The summed E-state index contributed by atoms with van der Waals surface area (Å²) in [4.78, 5) is 13.9. The first-order valence-corrected chi connectivity index (χ1v) is 9.10. The molecule has 0 atom stereocenters. The summed E-state index contributed by atoms with van der Waals surface area (Å²) >= 11 is 8.94. The number of carbonyl (C=O) groups is 1. The van der Waals surface area contributed by atoms with Gasteiger partial charge in [0.15, 0.2) is 0 Å². The number of hydrogen-bond donors (Lipinski definition) is 1. The molecular weight excluding hydrogens is 336 g/mol. The molecule has 1 N–H and O–H groups in total. The first-order chi connectivity index (χ1) is 10.7. The third-order valence-electron chi connectivity index (χ3n) is 2.70. The number of hydrogen-bond acceptors (Lipinski definition) is 4. The molecule has 0 saturated carbocycles. The monoisotopic (exact) mass is 350 g/mol. The summed E-state index contributed by atoms with van der Waals surface area (Å²) in [6, 6.07) is 15.3. The summed E-state index contributed by atoms with van der Waals surface area (Å²) in [5.41, 5.74) is 3.47. The quantitative estimate of drug-likeness (QED) is 0.479. The van der Waals surface area contributed by atoms with E-state index in [4.69, 9.17) is 11.6 Å². The Morgan fingerprint density at radius 1 is 1.14 bits per heavy atom. The third kappa shape index (κ3) is 5.75. The normalized spacial score (nSPS) is 10.8. The Morgan fingerprint density at radius 3 is 2.41 bits per heavy atom. The van der Waals surface area contributed by atoms with Gasteiger partial charge in [-0.05, 0) is 48.2 Å². The number of rotatable bonds is 6. The van der Waals surface area contributed by atoms with Crippen molar-refractivity contribution in [2.45, 2.75) is 9.79 Å². The number of carbonyl (C=O) groups excluding carboxylic acids is 1. The third-order valence-corrected chi connectivity index (χ3v) is 4.71. The molecule has 0 fully saturated rings. The van der Waals surface area contributed by atoms with Crippen LogP contribution in [-0.2, 0) is 4.79 Å². The Bertz CT molecular complexity index is 642. The SMILES string of the molecule is CSc1ccc(/C=N\NC(=O)CSc2ccc(Cl)cc2)cc1. The van der Waals surface area contributed by atoms with Gasteiger partial charge in [-0.25, -0.2) is 5.43 Å². The molecule has 0 unspecified atom stereocenters. The molecule has 1 amide bonds. The molecule has 22 heavy (non-hydrogen) atoms. The van der Waals surface area contributed by atoms with Gasteiger partial charge < -0.3 is 0 Å². The lowest BCUT2D eigenvalue weighted by atomic mass is 10.2. The van der Waals surface area contributed by atoms with E-state index in [0.717, 1.165) is 10.5 Å². The number of amides is 1. The maximum atomic E-state index is 11.7. The highest BCUT2D eigenvalue weighted by atomic mass is 35.5. The van der Waals surface area contributed by atoms with Gasteiger partial charge in [0, 0.05) is 14.8 Å². The zero-order valence-electron chi connectivity index (χ0n) is 12.0. The minimum Gasteiger partial charge on any atom is -0.272 e. The topological polar surface area (TPSA) is 41.5 Å². The number of hydrazone groups is 1.